The fourth-order valence-corrected chi connectivity index (χ4v) is 1.43. The Balaban J connectivity index is 2.38. The fourth-order valence-electron chi connectivity index (χ4n) is 1.43. The second-order valence-corrected chi connectivity index (χ2v) is 3.24. The summed E-state index contributed by atoms with van der Waals surface area (Å²) in [5.74, 6) is 0.628. The zero-order valence-electron chi connectivity index (χ0n) is 8.55. The molecule has 0 aliphatic heterocycles. The molecule has 0 amide bonds. The number of aromatic nitrogens is 2. The summed E-state index contributed by atoms with van der Waals surface area (Å²) in [6.07, 6.45) is 1.73. The molecule has 0 saturated heterocycles. The number of ether oxygens (including phenoxy) is 1. The van der Waals surface area contributed by atoms with E-state index in [1.54, 1.807) is 18.0 Å². The molecule has 2 rings (SSSR count). The maximum atomic E-state index is 5.94. The van der Waals surface area contributed by atoms with Gasteiger partial charge < -0.3 is 10.5 Å². The van der Waals surface area contributed by atoms with Gasteiger partial charge in [-0.3, -0.25) is 0 Å². The molecule has 1 aromatic heterocycles. The Bertz CT molecular complexity index is 436. The number of nitrogen functional groups attached to an aromatic ring is 1. The SMILES string of the molecule is COCc1cnn(-c2ccccc2)c1N. The minimum absolute atomic E-state index is 0.485. The van der Waals surface area contributed by atoms with Gasteiger partial charge in [0.2, 0.25) is 0 Å². The molecule has 78 valence electrons. The lowest BCUT2D eigenvalue weighted by Crippen LogP contribution is -2.03. The van der Waals surface area contributed by atoms with E-state index < -0.39 is 0 Å². The van der Waals surface area contributed by atoms with Gasteiger partial charge in [-0.05, 0) is 12.1 Å². The first-order valence-electron chi connectivity index (χ1n) is 4.69. The first-order valence-corrected chi connectivity index (χ1v) is 4.69. The lowest BCUT2D eigenvalue weighted by molar-refractivity contribution is 0.185. The van der Waals surface area contributed by atoms with Crippen LogP contribution in [0.15, 0.2) is 36.5 Å². The van der Waals surface area contributed by atoms with E-state index in [0.717, 1.165) is 11.3 Å². The molecule has 2 N–H and O–H groups in total. The summed E-state index contributed by atoms with van der Waals surface area (Å²) >= 11 is 0. The maximum Gasteiger partial charge on any atom is 0.132 e. The van der Waals surface area contributed by atoms with Crippen molar-refractivity contribution in [3.8, 4) is 5.69 Å². The molecular formula is C11H13N3O. The van der Waals surface area contributed by atoms with Crippen LogP contribution in [0.25, 0.3) is 5.69 Å². The molecule has 2 aromatic rings. The minimum atomic E-state index is 0.485. The Labute approximate surface area is 88.3 Å². The topological polar surface area (TPSA) is 53.1 Å². The van der Waals surface area contributed by atoms with Gasteiger partial charge in [-0.2, -0.15) is 5.10 Å². The highest BCUT2D eigenvalue weighted by molar-refractivity contribution is 5.46. The fraction of sp³-hybridized carbons (Fsp3) is 0.182. The predicted octanol–water partition coefficient (Wildman–Crippen LogP) is 1.60. The molecule has 0 radical (unpaired) electrons. The van der Waals surface area contributed by atoms with E-state index in [1.165, 1.54) is 0 Å². The van der Waals surface area contributed by atoms with E-state index in [2.05, 4.69) is 5.10 Å². The number of rotatable bonds is 3. The van der Waals surface area contributed by atoms with Crippen molar-refractivity contribution in [2.45, 2.75) is 6.61 Å². The van der Waals surface area contributed by atoms with Gasteiger partial charge in [0.1, 0.15) is 5.82 Å². The van der Waals surface area contributed by atoms with E-state index in [9.17, 15) is 0 Å². The predicted molar refractivity (Wildman–Crippen MR) is 58.7 cm³/mol. The molecule has 0 spiro atoms. The van der Waals surface area contributed by atoms with Crippen molar-refractivity contribution in [3.05, 3.63) is 42.1 Å². The van der Waals surface area contributed by atoms with Gasteiger partial charge in [0.15, 0.2) is 0 Å². The third kappa shape index (κ3) is 1.85. The molecular weight excluding hydrogens is 190 g/mol. The second kappa shape index (κ2) is 4.14. The molecule has 4 nitrogen and oxygen atoms in total. The molecule has 0 aliphatic rings. The summed E-state index contributed by atoms with van der Waals surface area (Å²) in [4.78, 5) is 0. The van der Waals surface area contributed by atoms with E-state index in [0.29, 0.717) is 12.4 Å². The zero-order valence-corrected chi connectivity index (χ0v) is 8.55. The van der Waals surface area contributed by atoms with Crippen LogP contribution < -0.4 is 5.73 Å². The Morgan fingerprint density at radius 1 is 1.33 bits per heavy atom. The van der Waals surface area contributed by atoms with Gasteiger partial charge in [0.25, 0.3) is 0 Å². The van der Waals surface area contributed by atoms with Gasteiger partial charge in [-0.15, -0.1) is 0 Å². The van der Waals surface area contributed by atoms with Crippen LogP contribution >= 0.6 is 0 Å². The van der Waals surface area contributed by atoms with Crippen molar-refractivity contribution in [3.63, 3.8) is 0 Å². The van der Waals surface area contributed by atoms with E-state index in [4.69, 9.17) is 10.5 Å². The first-order chi connectivity index (χ1) is 7.33. The van der Waals surface area contributed by atoms with Gasteiger partial charge >= 0.3 is 0 Å². The summed E-state index contributed by atoms with van der Waals surface area (Å²) in [6.45, 7) is 0.485. The normalized spacial score (nSPS) is 10.5. The number of hydrogen-bond acceptors (Lipinski definition) is 3. The number of para-hydroxylation sites is 1. The number of methoxy groups -OCH3 is 1. The molecule has 0 aliphatic carbocycles. The summed E-state index contributed by atoms with van der Waals surface area (Å²) in [6, 6.07) is 9.78. The highest BCUT2D eigenvalue weighted by Crippen LogP contribution is 2.16. The van der Waals surface area contributed by atoms with Crippen molar-refractivity contribution >= 4 is 5.82 Å². The van der Waals surface area contributed by atoms with Crippen LogP contribution in [-0.2, 0) is 11.3 Å². The standard InChI is InChI=1S/C11H13N3O/c1-15-8-9-7-13-14(11(9)12)10-5-3-2-4-6-10/h2-7H,8,12H2,1H3. The second-order valence-electron chi connectivity index (χ2n) is 3.24. The Morgan fingerprint density at radius 3 is 2.73 bits per heavy atom. The molecule has 0 fully saturated rings. The van der Waals surface area contributed by atoms with Crippen LogP contribution in [0, 0.1) is 0 Å². The van der Waals surface area contributed by atoms with Crippen molar-refractivity contribution in [1.82, 2.24) is 9.78 Å². The highest BCUT2D eigenvalue weighted by atomic mass is 16.5. The van der Waals surface area contributed by atoms with Gasteiger partial charge in [-0.1, -0.05) is 18.2 Å². The molecule has 15 heavy (non-hydrogen) atoms. The number of nitrogens with two attached hydrogens (primary N) is 1. The molecule has 0 saturated carbocycles. The molecule has 1 aromatic carbocycles. The van der Waals surface area contributed by atoms with E-state index in [1.807, 2.05) is 30.3 Å². The monoisotopic (exact) mass is 203 g/mol. The molecule has 0 unspecified atom stereocenters. The summed E-state index contributed by atoms with van der Waals surface area (Å²) < 4.78 is 6.73. The minimum Gasteiger partial charge on any atom is -0.383 e. The first kappa shape index (κ1) is 9.73. The largest absolute Gasteiger partial charge is 0.383 e. The number of nitrogens with zero attached hydrogens (tertiary/aromatic N) is 2. The van der Waals surface area contributed by atoms with Crippen molar-refractivity contribution in [2.24, 2.45) is 0 Å². The van der Waals surface area contributed by atoms with Crippen LogP contribution in [0.4, 0.5) is 5.82 Å². The number of anilines is 1. The zero-order chi connectivity index (χ0) is 10.7. The summed E-state index contributed by atoms with van der Waals surface area (Å²) in [5.41, 5.74) is 7.80. The summed E-state index contributed by atoms with van der Waals surface area (Å²) in [7, 11) is 1.64. The van der Waals surface area contributed by atoms with Crippen molar-refractivity contribution in [1.29, 1.82) is 0 Å². The highest BCUT2D eigenvalue weighted by Gasteiger charge is 2.07. The Morgan fingerprint density at radius 2 is 2.07 bits per heavy atom. The van der Waals surface area contributed by atoms with Gasteiger partial charge in [0, 0.05) is 12.7 Å². The van der Waals surface area contributed by atoms with Crippen LogP contribution in [0.1, 0.15) is 5.56 Å². The van der Waals surface area contributed by atoms with Crippen LogP contribution in [-0.4, -0.2) is 16.9 Å². The third-order valence-electron chi connectivity index (χ3n) is 2.19. The number of hydrogen-bond donors (Lipinski definition) is 1. The van der Waals surface area contributed by atoms with Crippen LogP contribution in [0.3, 0.4) is 0 Å². The molecule has 0 bridgehead atoms. The van der Waals surface area contributed by atoms with Gasteiger partial charge in [-0.25, -0.2) is 4.68 Å². The lowest BCUT2D eigenvalue weighted by atomic mass is 10.3. The summed E-state index contributed by atoms with van der Waals surface area (Å²) in [5, 5.41) is 4.22. The molecule has 1 heterocycles. The Kier molecular flexibility index (Phi) is 2.69. The molecule has 0 atom stereocenters. The van der Waals surface area contributed by atoms with E-state index >= 15 is 0 Å². The average molecular weight is 203 g/mol. The Hall–Kier alpha value is -1.81. The lowest BCUT2D eigenvalue weighted by Gasteiger charge is -2.04. The maximum absolute atomic E-state index is 5.94. The van der Waals surface area contributed by atoms with Crippen LogP contribution in [0.5, 0.6) is 0 Å². The average Bonchev–Trinajstić information content (AvgIpc) is 2.63. The smallest absolute Gasteiger partial charge is 0.132 e. The quantitative estimate of drug-likeness (QED) is 0.824. The number of benzene rings is 1. The van der Waals surface area contributed by atoms with Crippen molar-refractivity contribution in [2.75, 3.05) is 12.8 Å². The molecule has 4 heteroatoms. The third-order valence-corrected chi connectivity index (χ3v) is 2.19. The van der Waals surface area contributed by atoms with Crippen LogP contribution in [0.2, 0.25) is 0 Å². The van der Waals surface area contributed by atoms with Crippen molar-refractivity contribution < 1.29 is 4.74 Å². The van der Waals surface area contributed by atoms with Gasteiger partial charge in [0.05, 0.1) is 18.5 Å². The van der Waals surface area contributed by atoms with E-state index in [-0.39, 0.29) is 0 Å².